The van der Waals surface area contributed by atoms with Crippen LogP contribution in [0.3, 0.4) is 0 Å². The maximum atomic E-state index is 11.5. The van der Waals surface area contributed by atoms with Crippen molar-refractivity contribution in [3.63, 3.8) is 0 Å². The lowest BCUT2D eigenvalue weighted by Crippen LogP contribution is -2.08. The van der Waals surface area contributed by atoms with Crippen LogP contribution in [0.5, 0.6) is 0 Å². The third kappa shape index (κ3) is 1.22. The first-order chi connectivity index (χ1) is 6.74. The Morgan fingerprint density at radius 2 is 2.21 bits per heavy atom. The number of fused-ring (bicyclic) bond motifs is 1. The van der Waals surface area contributed by atoms with Gasteiger partial charge in [-0.25, -0.2) is 0 Å². The molecule has 0 fully saturated rings. The minimum Gasteiger partial charge on any atom is -0.328 e. The molecule has 0 aliphatic heterocycles. The third-order valence-corrected chi connectivity index (χ3v) is 2.43. The van der Waals surface area contributed by atoms with Crippen LogP contribution in [0.1, 0.15) is 11.1 Å². The van der Waals surface area contributed by atoms with Crippen molar-refractivity contribution in [2.75, 3.05) is 0 Å². The summed E-state index contributed by atoms with van der Waals surface area (Å²) in [6.07, 6.45) is 1.73. The predicted molar refractivity (Wildman–Crippen MR) is 57.2 cm³/mol. The van der Waals surface area contributed by atoms with E-state index in [0.29, 0.717) is 11.9 Å². The van der Waals surface area contributed by atoms with Crippen LogP contribution >= 0.6 is 0 Å². The number of nitrogens with two attached hydrogens (primary N) is 1. The number of nitrogens with one attached hydrogen (secondary N) is 1. The van der Waals surface area contributed by atoms with Gasteiger partial charge < -0.3 is 10.7 Å². The van der Waals surface area contributed by atoms with E-state index in [4.69, 9.17) is 5.73 Å². The highest BCUT2D eigenvalue weighted by molar-refractivity contribution is 5.87. The maximum Gasteiger partial charge on any atom is 0.255 e. The molecule has 3 N–H and O–H groups in total. The molecule has 1 heterocycles. The largest absolute Gasteiger partial charge is 0.328 e. The average Bonchev–Trinajstić information content (AvgIpc) is 2.23. The van der Waals surface area contributed by atoms with E-state index in [-0.39, 0.29) is 5.56 Å². The summed E-state index contributed by atoms with van der Waals surface area (Å²) in [6.45, 7) is 2.43. The number of H-pyrrole nitrogens is 1. The van der Waals surface area contributed by atoms with Crippen molar-refractivity contribution >= 4 is 10.8 Å². The van der Waals surface area contributed by atoms with Crippen molar-refractivity contribution in [3.8, 4) is 0 Å². The summed E-state index contributed by atoms with van der Waals surface area (Å²) in [5.41, 5.74) is 7.64. The fourth-order valence-electron chi connectivity index (χ4n) is 1.75. The Hall–Kier alpha value is -1.61. The second-order valence-electron chi connectivity index (χ2n) is 3.34. The van der Waals surface area contributed by atoms with Gasteiger partial charge in [-0.1, -0.05) is 12.1 Å². The first-order valence-electron chi connectivity index (χ1n) is 4.54. The first kappa shape index (κ1) is 8.97. The van der Waals surface area contributed by atoms with Gasteiger partial charge in [-0.15, -0.1) is 0 Å². The van der Waals surface area contributed by atoms with E-state index in [1.165, 1.54) is 0 Å². The average molecular weight is 188 g/mol. The molecule has 0 spiro atoms. The molecule has 0 radical (unpaired) electrons. The number of rotatable bonds is 1. The third-order valence-electron chi connectivity index (χ3n) is 2.43. The number of aromatic amines is 1. The van der Waals surface area contributed by atoms with Crippen molar-refractivity contribution in [1.82, 2.24) is 4.98 Å². The van der Waals surface area contributed by atoms with Gasteiger partial charge in [-0.2, -0.15) is 0 Å². The van der Waals surface area contributed by atoms with Gasteiger partial charge in [0.15, 0.2) is 0 Å². The van der Waals surface area contributed by atoms with Crippen LogP contribution in [-0.2, 0) is 6.54 Å². The molecule has 72 valence electrons. The fourth-order valence-corrected chi connectivity index (χ4v) is 1.75. The zero-order valence-corrected chi connectivity index (χ0v) is 8.00. The Morgan fingerprint density at radius 3 is 2.93 bits per heavy atom. The summed E-state index contributed by atoms with van der Waals surface area (Å²) in [4.78, 5) is 14.2. The summed E-state index contributed by atoms with van der Waals surface area (Å²) in [5.74, 6) is 0. The molecule has 0 aliphatic rings. The fraction of sp³-hybridized carbons (Fsp3) is 0.182. The van der Waals surface area contributed by atoms with E-state index in [2.05, 4.69) is 4.98 Å². The molecule has 14 heavy (non-hydrogen) atoms. The van der Waals surface area contributed by atoms with Crippen molar-refractivity contribution in [2.45, 2.75) is 13.5 Å². The molecule has 2 rings (SSSR count). The summed E-state index contributed by atoms with van der Waals surface area (Å²) < 4.78 is 0. The standard InChI is InChI=1S/C11H12N2O/c1-7-6-13-11(14)9-4-2-3-8(5-12)10(7)9/h2-4,6H,5,12H2,1H3,(H,13,14). The number of hydrogen-bond donors (Lipinski definition) is 2. The molecule has 1 aromatic heterocycles. The number of benzene rings is 1. The van der Waals surface area contributed by atoms with Gasteiger partial charge in [0.2, 0.25) is 0 Å². The van der Waals surface area contributed by atoms with Gasteiger partial charge in [0.05, 0.1) is 0 Å². The van der Waals surface area contributed by atoms with Gasteiger partial charge in [-0.3, -0.25) is 4.79 Å². The number of aryl methyl sites for hydroxylation is 1. The molecular formula is C11H12N2O. The van der Waals surface area contributed by atoms with Crippen LogP contribution < -0.4 is 11.3 Å². The van der Waals surface area contributed by atoms with Crippen LogP contribution in [0.25, 0.3) is 10.8 Å². The van der Waals surface area contributed by atoms with Gasteiger partial charge in [0, 0.05) is 18.1 Å². The molecule has 0 saturated heterocycles. The van der Waals surface area contributed by atoms with Crippen LogP contribution in [0.15, 0.2) is 29.2 Å². The van der Waals surface area contributed by atoms with Crippen LogP contribution in [-0.4, -0.2) is 4.98 Å². The zero-order chi connectivity index (χ0) is 10.1. The van der Waals surface area contributed by atoms with Crippen molar-refractivity contribution in [2.24, 2.45) is 5.73 Å². The van der Waals surface area contributed by atoms with Gasteiger partial charge in [-0.05, 0) is 29.5 Å². The Balaban J connectivity index is 2.99. The smallest absolute Gasteiger partial charge is 0.255 e. The Bertz CT molecular complexity index is 528. The molecular weight excluding hydrogens is 176 g/mol. The number of hydrogen-bond acceptors (Lipinski definition) is 2. The molecule has 0 bridgehead atoms. The Morgan fingerprint density at radius 1 is 1.43 bits per heavy atom. The van der Waals surface area contributed by atoms with Gasteiger partial charge >= 0.3 is 0 Å². The Labute approximate surface area is 81.6 Å². The lowest BCUT2D eigenvalue weighted by atomic mass is 10.0. The number of pyridine rings is 1. The van der Waals surface area contributed by atoms with E-state index in [1.807, 2.05) is 25.1 Å². The van der Waals surface area contributed by atoms with Gasteiger partial charge in [0.1, 0.15) is 0 Å². The minimum atomic E-state index is -0.0547. The van der Waals surface area contributed by atoms with Crippen molar-refractivity contribution in [1.29, 1.82) is 0 Å². The van der Waals surface area contributed by atoms with Crippen LogP contribution in [0.2, 0.25) is 0 Å². The SMILES string of the molecule is Cc1c[nH]c(=O)c2cccc(CN)c12. The molecule has 0 unspecified atom stereocenters. The molecule has 0 aliphatic carbocycles. The molecule has 2 aromatic rings. The maximum absolute atomic E-state index is 11.5. The Kier molecular flexibility index (Phi) is 2.09. The minimum absolute atomic E-state index is 0.0547. The molecule has 0 atom stereocenters. The van der Waals surface area contributed by atoms with E-state index in [1.54, 1.807) is 6.20 Å². The summed E-state index contributed by atoms with van der Waals surface area (Å²) in [6, 6.07) is 5.63. The van der Waals surface area contributed by atoms with Crippen LogP contribution in [0, 0.1) is 6.92 Å². The second-order valence-corrected chi connectivity index (χ2v) is 3.34. The first-order valence-corrected chi connectivity index (χ1v) is 4.54. The van der Waals surface area contributed by atoms with E-state index in [9.17, 15) is 4.79 Å². The lowest BCUT2D eigenvalue weighted by molar-refractivity contribution is 1.08. The van der Waals surface area contributed by atoms with E-state index < -0.39 is 0 Å². The zero-order valence-electron chi connectivity index (χ0n) is 8.00. The molecule has 0 amide bonds. The predicted octanol–water partition coefficient (Wildman–Crippen LogP) is 1.30. The molecule has 1 aromatic carbocycles. The quantitative estimate of drug-likeness (QED) is 0.708. The highest BCUT2D eigenvalue weighted by atomic mass is 16.1. The van der Waals surface area contributed by atoms with E-state index in [0.717, 1.165) is 16.5 Å². The molecule has 0 saturated carbocycles. The van der Waals surface area contributed by atoms with Crippen molar-refractivity contribution < 1.29 is 0 Å². The molecule has 3 heteroatoms. The second kappa shape index (κ2) is 3.27. The summed E-state index contributed by atoms with van der Waals surface area (Å²) in [5, 5.41) is 1.70. The van der Waals surface area contributed by atoms with E-state index >= 15 is 0 Å². The van der Waals surface area contributed by atoms with Gasteiger partial charge in [0.25, 0.3) is 5.56 Å². The topological polar surface area (TPSA) is 58.9 Å². The van der Waals surface area contributed by atoms with Crippen LogP contribution in [0.4, 0.5) is 0 Å². The monoisotopic (exact) mass is 188 g/mol. The highest BCUT2D eigenvalue weighted by Crippen LogP contribution is 2.18. The molecule has 3 nitrogen and oxygen atoms in total. The number of aromatic nitrogens is 1. The summed E-state index contributed by atoms with van der Waals surface area (Å²) >= 11 is 0. The lowest BCUT2D eigenvalue weighted by Gasteiger charge is -2.05. The normalized spacial score (nSPS) is 10.7. The highest BCUT2D eigenvalue weighted by Gasteiger charge is 2.04. The van der Waals surface area contributed by atoms with Crippen molar-refractivity contribution in [3.05, 3.63) is 45.9 Å². The summed E-state index contributed by atoms with van der Waals surface area (Å²) in [7, 11) is 0.